The van der Waals surface area contributed by atoms with E-state index in [-0.39, 0.29) is 5.41 Å². The topological polar surface area (TPSA) is 55.8 Å². The highest BCUT2D eigenvalue weighted by Gasteiger charge is 2.66. The number of fused-ring (bicyclic) bond motifs is 1. The number of carboxylic acid groups (broad SMARTS) is 1. The van der Waals surface area contributed by atoms with Crippen LogP contribution in [0.25, 0.3) is 0 Å². The fraction of sp³-hybridized carbons (Fsp3) is 0.500. The first-order chi connectivity index (χ1) is 8.64. The van der Waals surface area contributed by atoms with Gasteiger partial charge in [-0.05, 0) is 18.4 Å². The summed E-state index contributed by atoms with van der Waals surface area (Å²) >= 11 is 0. The third-order valence-corrected chi connectivity index (χ3v) is 3.89. The van der Waals surface area contributed by atoms with Crippen molar-refractivity contribution < 1.29 is 19.4 Å². The van der Waals surface area contributed by atoms with Crippen LogP contribution in [0.5, 0.6) is 0 Å². The lowest BCUT2D eigenvalue weighted by molar-refractivity contribution is -0.165. The molecule has 0 unspecified atom stereocenters. The average Bonchev–Trinajstić information content (AvgIpc) is 2.87. The largest absolute Gasteiger partial charge is 0.479 e. The van der Waals surface area contributed by atoms with E-state index in [1.165, 1.54) is 0 Å². The van der Waals surface area contributed by atoms with Gasteiger partial charge in [-0.1, -0.05) is 30.3 Å². The van der Waals surface area contributed by atoms with Gasteiger partial charge in [-0.15, -0.1) is 0 Å². The number of ether oxygens (including phenoxy) is 2. The van der Waals surface area contributed by atoms with Gasteiger partial charge in [0.05, 0.1) is 19.8 Å². The molecule has 1 aromatic carbocycles. The minimum absolute atomic E-state index is 0.0623. The lowest BCUT2D eigenvalue weighted by Crippen LogP contribution is -2.51. The lowest BCUT2D eigenvalue weighted by Gasteiger charge is -2.41. The number of hydrogen-bond acceptors (Lipinski definition) is 3. The Morgan fingerprint density at radius 3 is 2.67 bits per heavy atom. The molecule has 0 spiro atoms. The van der Waals surface area contributed by atoms with Crippen molar-refractivity contribution in [3.8, 4) is 0 Å². The minimum atomic E-state index is -0.907. The third kappa shape index (κ3) is 1.82. The van der Waals surface area contributed by atoms with Crippen LogP contribution in [0.15, 0.2) is 30.3 Å². The lowest BCUT2D eigenvalue weighted by atomic mass is 9.63. The Hall–Kier alpha value is -1.39. The molecule has 1 aromatic rings. The van der Waals surface area contributed by atoms with Gasteiger partial charge >= 0.3 is 5.97 Å². The minimum Gasteiger partial charge on any atom is -0.479 e. The molecule has 3 aliphatic rings. The van der Waals surface area contributed by atoms with Gasteiger partial charge in [0, 0.05) is 5.41 Å². The Bertz CT molecular complexity index is 448. The summed E-state index contributed by atoms with van der Waals surface area (Å²) in [6.45, 7) is 1.66. The van der Waals surface area contributed by atoms with Gasteiger partial charge in [0.15, 0.2) is 5.60 Å². The van der Waals surface area contributed by atoms with E-state index in [9.17, 15) is 4.79 Å². The van der Waals surface area contributed by atoms with Gasteiger partial charge in [0.25, 0.3) is 0 Å². The van der Waals surface area contributed by atoms with Crippen LogP contribution in [0, 0.1) is 5.41 Å². The number of carboxylic acids is 1. The molecule has 4 heteroatoms. The molecule has 2 aliphatic heterocycles. The van der Waals surface area contributed by atoms with Crippen molar-refractivity contribution in [1.29, 1.82) is 0 Å². The molecule has 3 fully saturated rings. The molecule has 1 N–H and O–H groups in total. The molecule has 1 saturated carbocycles. The van der Waals surface area contributed by atoms with Gasteiger partial charge in [0.2, 0.25) is 0 Å². The second kappa shape index (κ2) is 4.07. The molecule has 0 amide bonds. The van der Waals surface area contributed by atoms with Crippen molar-refractivity contribution in [2.24, 2.45) is 5.41 Å². The molecule has 4 nitrogen and oxygen atoms in total. The zero-order chi connectivity index (χ0) is 12.6. The Labute approximate surface area is 106 Å². The maximum absolute atomic E-state index is 11.0. The summed E-state index contributed by atoms with van der Waals surface area (Å²) in [6, 6.07) is 9.97. The van der Waals surface area contributed by atoms with Crippen LogP contribution in [0.1, 0.15) is 18.4 Å². The summed E-state index contributed by atoms with van der Waals surface area (Å²) in [6.07, 6.45) is 1.17. The second-order valence-electron chi connectivity index (χ2n) is 5.42. The zero-order valence-electron chi connectivity index (χ0n) is 10.1. The third-order valence-electron chi connectivity index (χ3n) is 3.89. The van der Waals surface area contributed by atoms with Crippen LogP contribution >= 0.6 is 0 Å². The van der Waals surface area contributed by atoms with E-state index in [1.54, 1.807) is 0 Å². The van der Waals surface area contributed by atoms with Crippen molar-refractivity contribution >= 4 is 5.97 Å². The van der Waals surface area contributed by atoms with Gasteiger partial charge < -0.3 is 14.6 Å². The van der Waals surface area contributed by atoms with E-state index in [0.717, 1.165) is 5.56 Å². The summed E-state index contributed by atoms with van der Waals surface area (Å²) in [4.78, 5) is 11.0. The van der Waals surface area contributed by atoms with E-state index in [1.807, 2.05) is 30.3 Å². The highest BCUT2D eigenvalue weighted by atomic mass is 16.5. The van der Waals surface area contributed by atoms with Crippen LogP contribution in [0.3, 0.4) is 0 Å². The van der Waals surface area contributed by atoms with Crippen molar-refractivity contribution in [2.75, 3.05) is 13.2 Å². The Morgan fingerprint density at radius 1 is 1.33 bits per heavy atom. The highest BCUT2D eigenvalue weighted by molar-refractivity contribution is 5.80. The molecule has 4 rings (SSSR count). The molecule has 0 atom stereocenters. The van der Waals surface area contributed by atoms with Crippen LogP contribution in [-0.4, -0.2) is 29.9 Å². The van der Waals surface area contributed by atoms with Gasteiger partial charge in [-0.2, -0.15) is 0 Å². The molecule has 0 aromatic heterocycles. The fourth-order valence-corrected chi connectivity index (χ4v) is 2.97. The van der Waals surface area contributed by atoms with Gasteiger partial charge in [0.1, 0.15) is 0 Å². The van der Waals surface area contributed by atoms with Crippen LogP contribution < -0.4 is 0 Å². The standard InChI is InChI=1S/C14H16O4/c15-12(16)14-7-13(8-14,10-18-14)9-17-6-11-4-2-1-3-5-11/h1-5H,6-10H2,(H,15,16). The quantitative estimate of drug-likeness (QED) is 0.863. The highest BCUT2D eigenvalue weighted by Crippen LogP contribution is 2.58. The van der Waals surface area contributed by atoms with Crippen molar-refractivity contribution in [3.05, 3.63) is 35.9 Å². The monoisotopic (exact) mass is 248 g/mol. The summed E-state index contributed by atoms with van der Waals surface area (Å²) in [5, 5.41) is 9.06. The summed E-state index contributed by atoms with van der Waals surface area (Å²) in [5.74, 6) is -0.835. The first-order valence-electron chi connectivity index (χ1n) is 6.13. The Balaban J connectivity index is 1.50. The van der Waals surface area contributed by atoms with E-state index in [0.29, 0.717) is 32.7 Å². The number of hydrogen-bond donors (Lipinski definition) is 1. The van der Waals surface area contributed by atoms with Crippen molar-refractivity contribution in [1.82, 2.24) is 0 Å². The number of rotatable bonds is 5. The number of aliphatic carboxylic acids is 1. The zero-order valence-corrected chi connectivity index (χ0v) is 10.1. The van der Waals surface area contributed by atoms with E-state index in [2.05, 4.69) is 0 Å². The predicted octanol–water partition coefficient (Wildman–Crippen LogP) is 1.84. The normalized spacial score (nSPS) is 33.1. The summed E-state index contributed by atoms with van der Waals surface area (Å²) in [5.41, 5.74) is 0.167. The molecular formula is C14H16O4. The molecule has 2 heterocycles. The van der Waals surface area contributed by atoms with Crippen LogP contribution in [0.4, 0.5) is 0 Å². The smallest absolute Gasteiger partial charge is 0.336 e. The number of benzene rings is 1. The second-order valence-corrected chi connectivity index (χ2v) is 5.42. The van der Waals surface area contributed by atoms with Gasteiger partial charge in [-0.3, -0.25) is 0 Å². The average molecular weight is 248 g/mol. The molecule has 2 saturated heterocycles. The van der Waals surface area contributed by atoms with E-state index in [4.69, 9.17) is 14.6 Å². The molecule has 96 valence electrons. The van der Waals surface area contributed by atoms with Crippen molar-refractivity contribution in [3.63, 3.8) is 0 Å². The summed E-state index contributed by atoms with van der Waals surface area (Å²) < 4.78 is 11.1. The van der Waals surface area contributed by atoms with Crippen LogP contribution in [0.2, 0.25) is 0 Å². The van der Waals surface area contributed by atoms with Gasteiger partial charge in [-0.25, -0.2) is 4.79 Å². The first kappa shape index (κ1) is 11.7. The summed E-state index contributed by atoms with van der Waals surface area (Å²) in [7, 11) is 0. The number of carbonyl (C=O) groups is 1. The Kier molecular flexibility index (Phi) is 2.64. The van der Waals surface area contributed by atoms with Crippen LogP contribution in [-0.2, 0) is 20.9 Å². The first-order valence-corrected chi connectivity index (χ1v) is 6.13. The van der Waals surface area contributed by atoms with Crippen molar-refractivity contribution in [2.45, 2.75) is 25.0 Å². The molecule has 18 heavy (non-hydrogen) atoms. The molecule has 2 bridgehead atoms. The predicted molar refractivity (Wildman–Crippen MR) is 64.1 cm³/mol. The SMILES string of the molecule is O=C(O)C12CC(COCc3ccccc3)(CO1)C2. The fourth-order valence-electron chi connectivity index (χ4n) is 2.97. The molecule has 1 aliphatic carbocycles. The Morgan fingerprint density at radius 2 is 2.06 bits per heavy atom. The maximum Gasteiger partial charge on any atom is 0.336 e. The maximum atomic E-state index is 11.0. The molecule has 0 radical (unpaired) electrons. The van der Waals surface area contributed by atoms with E-state index < -0.39 is 11.6 Å². The molecular weight excluding hydrogens is 232 g/mol. The van der Waals surface area contributed by atoms with E-state index >= 15 is 0 Å².